The number of rotatable bonds is 12. The van der Waals surface area contributed by atoms with Crippen molar-refractivity contribution in [3.8, 4) is 0 Å². The minimum atomic E-state index is -1.67. The smallest absolute Gasteiger partial charge is 0.373 e. The molecule has 2 aromatic rings. The molecular weight excluding hydrogens is 731 g/mol. The predicted molar refractivity (Wildman–Crippen MR) is 195 cm³/mol. The lowest BCUT2D eigenvalue weighted by atomic mass is 9.81. The first-order chi connectivity index (χ1) is 23.4. The third-order valence-electron chi connectivity index (χ3n) is 7.44. The monoisotopic (exact) mass is 780 g/mol. The van der Waals surface area contributed by atoms with E-state index >= 15 is 0 Å². The molecule has 2 unspecified atom stereocenters. The van der Waals surface area contributed by atoms with Gasteiger partial charge in [-0.15, -0.1) is 11.6 Å². The van der Waals surface area contributed by atoms with Crippen LogP contribution in [0.15, 0.2) is 24.3 Å². The molecule has 0 saturated carbocycles. The molecule has 0 aliphatic carbocycles. The van der Waals surface area contributed by atoms with Crippen LogP contribution in [0, 0.1) is 13.8 Å². The summed E-state index contributed by atoms with van der Waals surface area (Å²) in [7, 11) is 7.36. The maximum absolute atomic E-state index is 12.4. The number of carbonyl (C=O) groups excluding carboxylic acids is 6. The average molecular weight is 782 g/mol. The van der Waals surface area contributed by atoms with Gasteiger partial charge < -0.3 is 14.6 Å². The van der Waals surface area contributed by atoms with Crippen LogP contribution in [0.3, 0.4) is 0 Å². The van der Waals surface area contributed by atoms with Gasteiger partial charge in [0.25, 0.3) is 0 Å². The second-order valence-electron chi connectivity index (χ2n) is 10.5. The summed E-state index contributed by atoms with van der Waals surface area (Å²) in [4.78, 5) is 56.0. The van der Waals surface area contributed by atoms with Crippen LogP contribution in [0.4, 0.5) is 0 Å². The zero-order valence-electron chi connectivity index (χ0n) is 30.6. The van der Waals surface area contributed by atoms with E-state index in [0.29, 0.717) is 19.4 Å². The highest BCUT2D eigenvalue weighted by Gasteiger charge is 2.42. The molecule has 0 amide bonds. The lowest BCUT2D eigenvalue weighted by Gasteiger charge is -2.29. The summed E-state index contributed by atoms with van der Waals surface area (Å²) in [5.74, 6) is -0.881. The molecule has 0 radical (unpaired) electrons. The Bertz CT molecular complexity index is 1280. The molecule has 0 aromatic heterocycles. The fourth-order valence-electron chi connectivity index (χ4n) is 5.38. The highest BCUT2D eigenvalue weighted by atomic mass is 36.0. The number of aliphatic hydroxyl groups is 1. The average Bonchev–Trinajstić information content (AvgIpc) is 3.07. The molecule has 2 aromatic carbocycles. The van der Waals surface area contributed by atoms with Gasteiger partial charge in [0.1, 0.15) is 0 Å². The van der Waals surface area contributed by atoms with Crippen LogP contribution in [0.5, 0.6) is 0 Å². The number of benzene rings is 2. The van der Waals surface area contributed by atoms with Crippen molar-refractivity contribution >= 4 is 66.4 Å². The van der Waals surface area contributed by atoms with Crippen molar-refractivity contribution in [2.45, 2.75) is 118 Å². The fraction of sp³-hybridized carbons (Fsp3) is 0.556. The third kappa shape index (κ3) is 16.4. The van der Waals surface area contributed by atoms with E-state index in [1.807, 2.05) is 53.7 Å². The van der Waals surface area contributed by atoms with E-state index in [-0.39, 0.29) is 24.9 Å². The molecule has 50 heavy (non-hydrogen) atoms. The molecule has 0 saturated heterocycles. The minimum Gasteiger partial charge on any atom is -0.464 e. The Hall–Kier alpha value is -2.88. The molecule has 1 N–H and O–H groups in total. The summed E-state index contributed by atoms with van der Waals surface area (Å²) in [6, 6.07) is 8.35. The van der Waals surface area contributed by atoms with Crippen LogP contribution in [0.25, 0.3) is 0 Å². The predicted octanol–water partition coefficient (Wildman–Crippen LogP) is 7.68. The number of esters is 2. The number of ether oxygens (including phenoxy) is 2. The summed E-state index contributed by atoms with van der Waals surface area (Å²) in [6.07, 6.45) is 4.62. The number of carbonyl (C=O) groups is 2. The van der Waals surface area contributed by atoms with Gasteiger partial charge in [-0.05, 0) is 94.0 Å². The third-order valence-corrected chi connectivity index (χ3v) is 8.05. The van der Waals surface area contributed by atoms with Crippen molar-refractivity contribution in [2.24, 2.45) is 0 Å². The van der Waals surface area contributed by atoms with Gasteiger partial charge in [-0.25, -0.2) is 13.8 Å². The van der Waals surface area contributed by atoms with Crippen molar-refractivity contribution in [3.05, 3.63) is 68.8 Å². The van der Waals surface area contributed by atoms with Crippen LogP contribution in [0.1, 0.15) is 113 Å². The van der Waals surface area contributed by atoms with Crippen LogP contribution in [-0.2, 0) is 83.6 Å². The Morgan fingerprint density at radius 2 is 0.940 bits per heavy atom. The second kappa shape index (κ2) is 27.8. The first kappa shape index (κ1) is 51.5. The van der Waals surface area contributed by atoms with Crippen molar-refractivity contribution in [2.75, 3.05) is 13.2 Å². The SMILES string of the molecule is CCOC(=O)C(Cl)(CC)c1c(CC)cc(C)cc1CC.CCOC(=O)C(O)(CC)c1c(CC)cc(C)cc1CC.O=C=O.O=C=O.O=S(Cl)Cl. The Balaban J connectivity index is -0.000000697. The summed E-state index contributed by atoms with van der Waals surface area (Å²) >= 11 is 6.72. The zero-order valence-corrected chi connectivity index (χ0v) is 33.7. The van der Waals surface area contributed by atoms with E-state index < -0.39 is 25.7 Å². The first-order valence-corrected chi connectivity index (χ1v) is 19.4. The largest absolute Gasteiger partial charge is 0.464 e. The lowest BCUT2D eigenvalue weighted by Crippen LogP contribution is -2.38. The van der Waals surface area contributed by atoms with E-state index in [9.17, 15) is 14.7 Å². The van der Waals surface area contributed by atoms with Crippen LogP contribution < -0.4 is 0 Å². The van der Waals surface area contributed by atoms with Gasteiger partial charge in [0, 0.05) is 26.9 Å². The number of halogens is 3. The number of alkyl halides is 1. The van der Waals surface area contributed by atoms with E-state index in [2.05, 4.69) is 54.3 Å². The van der Waals surface area contributed by atoms with Gasteiger partial charge in [0.15, 0.2) is 10.5 Å². The number of aryl methyl sites for hydroxylation is 6. The minimum absolute atomic E-state index is 0.250. The van der Waals surface area contributed by atoms with Crippen molar-refractivity contribution in [1.29, 1.82) is 0 Å². The van der Waals surface area contributed by atoms with Crippen molar-refractivity contribution in [3.63, 3.8) is 0 Å². The summed E-state index contributed by atoms with van der Waals surface area (Å²) in [5.41, 5.74) is 6.87. The molecule has 2 atom stereocenters. The van der Waals surface area contributed by atoms with E-state index in [1.54, 1.807) is 6.92 Å². The highest BCUT2D eigenvalue weighted by molar-refractivity contribution is 8.26. The molecule has 282 valence electrons. The summed E-state index contributed by atoms with van der Waals surface area (Å²) < 4.78 is 19.4. The fourth-order valence-corrected chi connectivity index (χ4v) is 5.68. The van der Waals surface area contributed by atoms with Crippen molar-refractivity contribution in [1.82, 2.24) is 0 Å². The van der Waals surface area contributed by atoms with E-state index in [0.717, 1.165) is 64.6 Å². The quantitative estimate of drug-likeness (QED) is 0.129. The van der Waals surface area contributed by atoms with Gasteiger partial charge in [0.05, 0.1) is 13.2 Å². The molecule has 0 aliphatic heterocycles. The molecule has 0 spiro atoms. The second-order valence-corrected chi connectivity index (χ2v) is 13.7. The molecule has 0 bridgehead atoms. The van der Waals surface area contributed by atoms with Gasteiger partial charge in [-0.3, -0.25) is 0 Å². The van der Waals surface area contributed by atoms with E-state index in [1.165, 1.54) is 5.56 Å². The number of hydrogen-bond acceptors (Lipinski definition) is 10. The first-order valence-electron chi connectivity index (χ1n) is 16.2. The van der Waals surface area contributed by atoms with Gasteiger partial charge in [-0.2, -0.15) is 19.2 Å². The Morgan fingerprint density at radius 3 is 1.18 bits per heavy atom. The molecule has 0 aliphatic rings. The lowest BCUT2D eigenvalue weighted by molar-refractivity contribution is -0.193. The Morgan fingerprint density at radius 1 is 0.660 bits per heavy atom. The van der Waals surface area contributed by atoms with Gasteiger partial charge >= 0.3 is 24.2 Å². The number of hydrogen-bond donors (Lipinski definition) is 1. The zero-order chi connectivity index (χ0) is 39.7. The normalized spacial score (nSPS) is 12.1. The Kier molecular flexibility index (Phi) is 28.6. The van der Waals surface area contributed by atoms with Crippen molar-refractivity contribution < 1.29 is 47.6 Å². The molecule has 14 heteroatoms. The van der Waals surface area contributed by atoms with Gasteiger partial charge in [0.2, 0.25) is 9.23 Å². The Labute approximate surface area is 313 Å². The van der Waals surface area contributed by atoms with E-state index in [4.69, 9.17) is 44.5 Å². The molecule has 0 heterocycles. The highest BCUT2D eigenvalue weighted by Crippen LogP contribution is 2.40. The summed E-state index contributed by atoms with van der Waals surface area (Å²) in [5, 5.41) is 10.9. The van der Waals surface area contributed by atoms with Crippen LogP contribution in [-0.4, -0.2) is 46.8 Å². The molecule has 2 rings (SSSR count). The molecular formula is C36H51Cl3O10S. The van der Waals surface area contributed by atoms with Gasteiger partial charge in [-0.1, -0.05) is 76.9 Å². The maximum Gasteiger partial charge on any atom is 0.373 e. The maximum atomic E-state index is 12.4. The standard InChI is InChI=1S/C17H25ClO2.C17H26O3.2CO2.Cl2OS/c1-6-13-10-12(5)11-14(7-2)15(13)17(18,8-3)16(19)20-9-4;1-6-13-10-12(5)11-14(7-2)15(13)17(19,8-3)16(18)20-9-4;2*2-1-3;1-4(2)3/h10-11H,6-9H2,1-5H3;10-11,19H,6-9H2,1-5H3;;;. The van der Waals surface area contributed by atoms with Crippen LogP contribution >= 0.6 is 33.0 Å². The molecule has 0 fully saturated rings. The van der Waals surface area contributed by atoms with Crippen LogP contribution in [0.2, 0.25) is 0 Å². The molecule has 10 nitrogen and oxygen atoms in total. The topological polar surface area (TPSA) is 158 Å². The summed E-state index contributed by atoms with van der Waals surface area (Å²) in [6.45, 7) is 20.3.